The van der Waals surface area contributed by atoms with Crippen LogP contribution in [-0.4, -0.2) is 23.6 Å². The number of rotatable bonds is 4. The zero-order valence-corrected chi connectivity index (χ0v) is 8.07. The molecule has 94 valence electrons. The normalized spacial score (nSPS) is 14.9. The van der Waals surface area contributed by atoms with Gasteiger partial charge in [-0.25, -0.2) is 0 Å². The highest BCUT2D eigenvalue weighted by Crippen LogP contribution is 2.42. The third-order valence-electron chi connectivity index (χ3n) is 1.91. The van der Waals surface area contributed by atoms with E-state index in [0.717, 1.165) is 0 Å². The molecule has 0 aromatic rings. The van der Waals surface area contributed by atoms with Crippen molar-refractivity contribution >= 4 is 0 Å². The van der Waals surface area contributed by atoms with Gasteiger partial charge in [-0.05, 0) is 12.8 Å². The summed E-state index contributed by atoms with van der Waals surface area (Å²) in [4.78, 5) is 0. The number of hydrogen-bond acceptors (Lipinski definition) is 1. The van der Waals surface area contributed by atoms with E-state index in [4.69, 9.17) is 11.5 Å². The van der Waals surface area contributed by atoms with Gasteiger partial charge in [-0.15, -0.1) is 12.3 Å². The van der Waals surface area contributed by atoms with Crippen LogP contribution in [0.5, 0.6) is 0 Å². The molecule has 0 aliphatic heterocycles. The highest BCUT2D eigenvalue weighted by molar-refractivity contribution is 4.86. The number of halogens is 6. The van der Waals surface area contributed by atoms with Crippen molar-refractivity contribution in [1.82, 2.24) is 0 Å². The lowest BCUT2D eigenvalue weighted by molar-refractivity contribution is -0.306. The Morgan fingerprint density at radius 2 is 1.50 bits per heavy atom. The van der Waals surface area contributed by atoms with E-state index in [1.165, 1.54) is 0 Å². The van der Waals surface area contributed by atoms with Crippen molar-refractivity contribution < 1.29 is 31.4 Å². The second kappa shape index (κ2) is 5.43. The van der Waals surface area contributed by atoms with Crippen LogP contribution in [-0.2, 0) is 0 Å². The fourth-order valence-electron chi connectivity index (χ4n) is 1.20. The lowest BCUT2D eigenvalue weighted by Gasteiger charge is -2.27. The number of aliphatic hydroxyl groups is 1. The van der Waals surface area contributed by atoms with E-state index < -0.39 is 30.8 Å². The minimum Gasteiger partial charge on any atom is -0.392 e. The predicted molar refractivity (Wildman–Crippen MR) is 44.3 cm³/mol. The van der Waals surface area contributed by atoms with Crippen LogP contribution >= 0.6 is 0 Å². The Morgan fingerprint density at radius 3 is 1.81 bits per heavy atom. The molecule has 0 aromatic carbocycles. The number of terminal acetylenes is 1. The first kappa shape index (κ1) is 15.1. The van der Waals surface area contributed by atoms with Gasteiger partial charge in [-0.3, -0.25) is 0 Å². The van der Waals surface area contributed by atoms with Gasteiger partial charge in [-0.1, -0.05) is 0 Å². The fourth-order valence-corrected chi connectivity index (χ4v) is 1.20. The number of unbranched alkanes of at least 4 members (excludes halogenated alkanes) is 1. The minimum atomic E-state index is -5.51. The van der Waals surface area contributed by atoms with Gasteiger partial charge in [0.25, 0.3) is 0 Å². The molecule has 0 spiro atoms. The van der Waals surface area contributed by atoms with E-state index in [1.54, 1.807) is 0 Å². The molecule has 0 rings (SSSR count). The summed E-state index contributed by atoms with van der Waals surface area (Å²) in [7, 11) is 0. The molecule has 0 bridgehead atoms. The molecule has 7 heteroatoms. The Morgan fingerprint density at radius 1 is 1.06 bits per heavy atom. The van der Waals surface area contributed by atoms with Crippen LogP contribution in [0.4, 0.5) is 26.3 Å². The van der Waals surface area contributed by atoms with Crippen LogP contribution in [0.15, 0.2) is 0 Å². The molecule has 0 saturated carbocycles. The second-order valence-electron chi connectivity index (χ2n) is 3.22. The molecular weight excluding hydrogens is 238 g/mol. The molecule has 1 N–H and O–H groups in total. The molecule has 0 aliphatic rings. The number of alkyl halides is 6. The lowest BCUT2D eigenvalue weighted by Crippen LogP contribution is -2.44. The smallest absolute Gasteiger partial charge is 0.392 e. The first-order valence-electron chi connectivity index (χ1n) is 4.35. The molecule has 1 nitrogen and oxygen atoms in total. The Bertz CT molecular complexity index is 234. The number of hydrogen-bond donors (Lipinski definition) is 1. The molecule has 1 unspecified atom stereocenters. The summed E-state index contributed by atoms with van der Waals surface area (Å²) in [6, 6.07) is 0. The van der Waals surface area contributed by atoms with Gasteiger partial charge in [0.15, 0.2) is 5.92 Å². The van der Waals surface area contributed by atoms with E-state index in [9.17, 15) is 26.3 Å². The van der Waals surface area contributed by atoms with Gasteiger partial charge in [0.2, 0.25) is 0 Å². The van der Waals surface area contributed by atoms with E-state index >= 15 is 0 Å². The molecule has 0 amide bonds. The van der Waals surface area contributed by atoms with Gasteiger partial charge < -0.3 is 5.11 Å². The molecule has 0 fully saturated rings. The fraction of sp³-hybridized carbons (Fsp3) is 0.778. The summed E-state index contributed by atoms with van der Waals surface area (Å²) in [6.07, 6.45) is -9.42. The molecule has 16 heavy (non-hydrogen) atoms. The van der Waals surface area contributed by atoms with E-state index in [1.807, 2.05) is 0 Å². The maximum Gasteiger partial charge on any atom is 0.403 e. The summed E-state index contributed by atoms with van der Waals surface area (Å²) in [5, 5.41) is 8.90. The summed E-state index contributed by atoms with van der Waals surface area (Å²) >= 11 is 0. The van der Waals surface area contributed by atoms with Crippen molar-refractivity contribution in [3.05, 3.63) is 0 Å². The summed E-state index contributed by atoms with van der Waals surface area (Å²) < 4.78 is 72.3. The largest absolute Gasteiger partial charge is 0.403 e. The summed E-state index contributed by atoms with van der Waals surface area (Å²) in [5.74, 6) is -1.64. The van der Waals surface area contributed by atoms with Crippen LogP contribution in [0.2, 0.25) is 0 Å². The molecule has 1 atom stereocenters. The van der Waals surface area contributed by atoms with E-state index in [-0.39, 0.29) is 12.8 Å². The van der Waals surface area contributed by atoms with Crippen LogP contribution in [0.25, 0.3) is 0 Å². The maximum absolute atomic E-state index is 12.1. The summed E-state index contributed by atoms with van der Waals surface area (Å²) in [5.41, 5.74) is 0. The highest BCUT2D eigenvalue weighted by Gasteiger charge is 2.59. The van der Waals surface area contributed by atoms with Crippen LogP contribution in [0.3, 0.4) is 0 Å². The third kappa shape index (κ3) is 4.75. The van der Waals surface area contributed by atoms with Crippen molar-refractivity contribution in [3.63, 3.8) is 0 Å². The van der Waals surface area contributed by atoms with Crippen LogP contribution in [0.1, 0.15) is 19.3 Å². The van der Waals surface area contributed by atoms with Crippen LogP contribution in [0, 0.1) is 18.3 Å². The van der Waals surface area contributed by atoms with E-state index in [0.29, 0.717) is 0 Å². The Hall–Kier alpha value is -0.900. The zero-order chi connectivity index (χ0) is 13.0. The Labute approximate surface area is 88.4 Å². The highest BCUT2D eigenvalue weighted by atomic mass is 19.4. The average Bonchev–Trinajstić information content (AvgIpc) is 1.98. The quantitative estimate of drug-likeness (QED) is 0.460. The van der Waals surface area contributed by atoms with Crippen molar-refractivity contribution in [3.8, 4) is 12.3 Å². The zero-order valence-electron chi connectivity index (χ0n) is 8.07. The Balaban J connectivity index is 4.61. The predicted octanol–water partition coefficient (Wildman–Crippen LogP) is 2.89. The molecule has 0 aliphatic carbocycles. The SMILES string of the molecule is C#CCCCC(O)C(C(F)(F)F)C(F)(F)F. The summed E-state index contributed by atoms with van der Waals surface area (Å²) in [6.45, 7) is 0. The van der Waals surface area contributed by atoms with Gasteiger partial charge in [0.05, 0.1) is 6.10 Å². The third-order valence-corrected chi connectivity index (χ3v) is 1.91. The van der Waals surface area contributed by atoms with Crippen molar-refractivity contribution in [2.75, 3.05) is 0 Å². The van der Waals surface area contributed by atoms with Crippen LogP contribution < -0.4 is 0 Å². The van der Waals surface area contributed by atoms with Gasteiger partial charge >= 0.3 is 12.4 Å². The van der Waals surface area contributed by atoms with Crippen molar-refractivity contribution in [2.24, 2.45) is 5.92 Å². The monoisotopic (exact) mass is 248 g/mol. The first-order chi connectivity index (χ1) is 7.10. The molecule has 0 radical (unpaired) electrons. The van der Waals surface area contributed by atoms with Crippen molar-refractivity contribution in [1.29, 1.82) is 0 Å². The van der Waals surface area contributed by atoms with Gasteiger partial charge in [0, 0.05) is 6.42 Å². The Kier molecular flexibility index (Phi) is 5.13. The second-order valence-corrected chi connectivity index (χ2v) is 3.22. The standard InChI is InChI=1S/C9H10F6O/c1-2-3-4-5-6(16)7(8(10,11)12)9(13,14)15/h1,6-7,16H,3-5H2. The average molecular weight is 248 g/mol. The minimum absolute atomic E-state index is 0.0273. The number of aliphatic hydroxyl groups excluding tert-OH is 1. The van der Waals surface area contributed by atoms with E-state index in [2.05, 4.69) is 5.92 Å². The lowest BCUT2D eigenvalue weighted by atomic mass is 9.96. The van der Waals surface area contributed by atoms with Gasteiger partial charge in [-0.2, -0.15) is 26.3 Å². The van der Waals surface area contributed by atoms with Crippen molar-refractivity contribution in [2.45, 2.75) is 37.7 Å². The topological polar surface area (TPSA) is 20.2 Å². The molecular formula is C9H10F6O. The molecule has 0 heterocycles. The molecule has 0 saturated heterocycles. The molecule has 0 aromatic heterocycles. The first-order valence-corrected chi connectivity index (χ1v) is 4.35. The van der Waals surface area contributed by atoms with Gasteiger partial charge in [0.1, 0.15) is 0 Å². The maximum atomic E-state index is 12.1.